The summed E-state index contributed by atoms with van der Waals surface area (Å²) < 4.78 is 28.4. The molecule has 4 rings (SSSR count). The van der Waals surface area contributed by atoms with Gasteiger partial charge in [0.2, 0.25) is 5.91 Å². The zero-order chi connectivity index (χ0) is 19.7. The van der Waals surface area contributed by atoms with Gasteiger partial charge in [-0.2, -0.15) is 4.31 Å². The van der Waals surface area contributed by atoms with E-state index in [9.17, 15) is 13.2 Å². The average Bonchev–Trinajstić information content (AvgIpc) is 3.38. The summed E-state index contributed by atoms with van der Waals surface area (Å²) in [5, 5.41) is 10.2. The van der Waals surface area contributed by atoms with E-state index >= 15 is 0 Å². The number of hydrogen-bond donors (Lipinski definition) is 0. The SMILES string of the molecule is CN(CC(=O)N1CCCC(c2nnc3ccccn23)C1)S(=O)(=O)c1cccs1. The van der Waals surface area contributed by atoms with Crippen LogP contribution in [0.3, 0.4) is 0 Å². The van der Waals surface area contributed by atoms with E-state index in [0.29, 0.717) is 13.1 Å². The zero-order valence-corrected chi connectivity index (χ0v) is 17.1. The zero-order valence-electron chi connectivity index (χ0n) is 15.4. The molecular formula is C18H21N5O3S2. The molecule has 1 fully saturated rings. The molecule has 28 heavy (non-hydrogen) atoms. The Balaban J connectivity index is 1.46. The smallest absolute Gasteiger partial charge is 0.252 e. The third-order valence-corrected chi connectivity index (χ3v) is 8.17. The number of nitrogens with zero attached hydrogens (tertiary/aromatic N) is 5. The monoisotopic (exact) mass is 419 g/mol. The van der Waals surface area contributed by atoms with Gasteiger partial charge in [-0.15, -0.1) is 21.5 Å². The number of likely N-dealkylation sites (tertiary alicyclic amines) is 1. The Bertz CT molecular complexity index is 1080. The van der Waals surface area contributed by atoms with Crippen LogP contribution in [0, 0.1) is 0 Å². The molecule has 0 spiro atoms. The molecule has 10 heteroatoms. The largest absolute Gasteiger partial charge is 0.341 e. The molecule has 1 unspecified atom stereocenters. The predicted octanol–water partition coefficient (Wildman–Crippen LogP) is 1.82. The van der Waals surface area contributed by atoms with Crippen LogP contribution in [0.15, 0.2) is 46.1 Å². The third-order valence-electron chi connectivity index (χ3n) is 5.00. The van der Waals surface area contributed by atoms with Gasteiger partial charge in [-0.05, 0) is 36.4 Å². The minimum absolute atomic E-state index is 0.0781. The van der Waals surface area contributed by atoms with Crippen LogP contribution in [0.5, 0.6) is 0 Å². The number of aromatic nitrogens is 3. The summed E-state index contributed by atoms with van der Waals surface area (Å²) in [6.45, 7) is 0.966. The number of amides is 1. The van der Waals surface area contributed by atoms with Gasteiger partial charge in [-0.3, -0.25) is 9.20 Å². The Labute approximate surface area is 167 Å². The van der Waals surface area contributed by atoms with Crippen LogP contribution in [0.4, 0.5) is 0 Å². The topological polar surface area (TPSA) is 87.9 Å². The van der Waals surface area contributed by atoms with Gasteiger partial charge in [0, 0.05) is 32.3 Å². The number of hydrogen-bond acceptors (Lipinski definition) is 6. The van der Waals surface area contributed by atoms with Crippen LogP contribution in [-0.2, 0) is 14.8 Å². The number of carbonyl (C=O) groups excluding carboxylic acids is 1. The number of pyridine rings is 1. The fraction of sp³-hybridized carbons (Fsp3) is 0.389. The molecule has 0 saturated carbocycles. The van der Waals surface area contributed by atoms with Crippen molar-refractivity contribution in [3.8, 4) is 0 Å². The Hall–Kier alpha value is -2.30. The number of carbonyl (C=O) groups is 1. The summed E-state index contributed by atoms with van der Waals surface area (Å²) in [6.07, 6.45) is 3.69. The second-order valence-corrected chi connectivity index (χ2v) is 10.1. The number of fused-ring (bicyclic) bond motifs is 1. The van der Waals surface area contributed by atoms with E-state index in [4.69, 9.17) is 0 Å². The molecule has 4 heterocycles. The van der Waals surface area contributed by atoms with E-state index in [2.05, 4.69) is 10.2 Å². The molecule has 0 N–H and O–H groups in total. The molecule has 3 aromatic heterocycles. The highest BCUT2D eigenvalue weighted by molar-refractivity contribution is 7.91. The van der Waals surface area contributed by atoms with Crippen molar-refractivity contribution in [2.45, 2.75) is 23.0 Å². The Morgan fingerprint density at radius 3 is 2.93 bits per heavy atom. The second kappa shape index (κ2) is 7.61. The van der Waals surface area contributed by atoms with Gasteiger partial charge in [-0.1, -0.05) is 12.1 Å². The fourth-order valence-electron chi connectivity index (χ4n) is 3.49. The normalized spacial score (nSPS) is 18.1. The van der Waals surface area contributed by atoms with E-state index in [0.717, 1.165) is 40.0 Å². The molecule has 0 bridgehead atoms. The maximum absolute atomic E-state index is 12.8. The quantitative estimate of drug-likeness (QED) is 0.629. The Morgan fingerprint density at radius 1 is 1.29 bits per heavy atom. The first-order valence-corrected chi connectivity index (χ1v) is 11.4. The number of likely N-dealkylation sites (N-methyl/N-ethyl adjacent to an activating group) is 1. The van der Waals surface area contributed by atoms with Crippen molar-refractivity contribution >= 4 is 32.9 Å². The van der Waals surface area contributed by atoms with Crippen LogP contribution in [0.25, 0.3) is 5.65 Å². The van der Waals surface area contributed by atoms with Gasteiger partial charge in [-0.25, -0.2) is 8.42 Å². The molecule has 1 atom stereocenters. The standard InChI is InChI=1S/C18H21N5O3S2/c1-21(28(25,26)17-8-5-11-27-17)13-16(24)22-9-4-6-14(12-22)18-20-19-15-7-2-3-10-23(15)18/h2-3,5,7-8,10-11,14H,4,6,9,12-13H2,1H3. The van der Waals surface area contributed by atoms with E-state index < -0.39 is 10.0 Å². The average molecular weight is 420 g/mol. The second-order valence-electron chi connectivity index (χ2n) is 6.86. The van der Waals surface area contributed by atoms with E-state index in [1.54, 1.807) is 22.4 Å². The Morgan fingerprint density at radius 2 is 2.14 bits per heavy atom. The van der Waals surface area contributed by atoms with Crippen molar-refractivity contribution in [1.82, 2.24) is 23.8 Å². The van der Waals surface area contributed by atoms with Crippen LogP contribution in [-0.4, -0.2) is 64.8 Å². The van der Waals surface area contributed by atoms with Crippen molar-refractivity contribution in [2.24, 2.45) is 0 Å². The lowest BCUT2D eigenvalue weighted by molar-refractivity contribution is -0.132. The minimum Gasteiger partial charge on any atom is -0.341 e. The van der Waals surface area contributed by atoms with Gasteiger partial charge in [0.05, 0.1) is 6.54 Å². The summed E-state index contributed by atoms with van der Waals surface area (Å²) >= 11 is 1.15. The van der Waals surface area contributed by atoms with Crippen LogP contribution < -0.4 is 0 Å². The molecule has 8 nitrogen and oxygen atoms in total. The number of thiophene rings is 1. The van der Waals surface area contributed by atoms with Crippen LogP contribution in [0.1, 0.15) is 24.6 Å². The first kappa shape index (κ1) is 19.0. The molecule has 1 saturated heterocycles. The third kappa shape index (κ3) is 3.54. The van der Waals surface area contributed by atoms with Gasteiger partial charge in [0.25, 0.3) is 10.0 Å². The van der Waals surface area contributed by atoms with Gasteiger partial charge < -0.3 is 4.90 Å². The maximum atomic E-state index is 12.8. The summed E-state index contributed by atoms with van der Waals surface area (Å²) in [6, 6.07) is 8.97. The van der Waals surface area contributed by atoms with Crippen molar-refractivity contribution < 1.29 is 13.2 Å². The van der Waals surface area contributed by atoms with Crippen LogP contribution in [0.2, 0.25) is 0 Å². The molecule has 0 aliphatic carbocycles. The van der Waals surface area contributed by atoms with Crippen molar-refractivity contribution in [2.75, 3.05) is 26.7 Å². The Kier molecular flexibility index (Phi) is 5.17. The number of piperidine rings is 1. The van der Waals surface area contributed by atoms with Gasteiger partial charge in [0.15, 0.2) is 5.65 Å². The van der Waals surface area contributed by atoms with E-state index in [-0.39, 0.29) is 22.6 Å². The molecule has 1 aliphatic heterocycles. The van der Waals surface area contributed by atoms with Gasteiger partial charge >= 0.3 is 0 Å². The van der Waals surface area contributed by atoms with Gasteiger partial charge in [0.1, 0.15) is 10.0 Å². The fourth-order valence-corrected chi connectivity index (χ4v) is 5.81. The molecular weight excluding hydrogens is 398 g/mol. The highest BCUT2D eigenvalue weighted by Gasteiger charge is 2.30. The highest BCUT2D eigenvalue weighted by Crippen LogP contribution is 2.26. The summed E-state index contributed by atoms with van der Waals surface area (Å²) in [4.78, 5) is 14.5. The van der Waals surface area contributed by atoms with Crippen molar-refractivity contribution in [3.63, 3.8) is 0 Å². The summed E-state index contributed by atoms with van der Waals surface area (Å²) in [7, 11) is -2.19. The lowest BCUT2D eigenvalue weighted by atomic mass is 9.97. The minimum atomic E-state index is -3.64. The summed E-state index contributed by atoms with van der Waals surface area (Å²) in [5.74, 6) is 0.725. The predicted molar refractivity (Wildman–Crippen MR) is 106 cm³/mol. The van der Waals surface area contributed by atoms with Crippen molar-refractivity contribution in [1.29, 1.82) is 0 Å². The van der Waals surface area contributed by atoms with E-state index in [1.165, 1.54) is 7.05 Å². The first-order valence-electron chi connectivity index (χ1n) is 9.04. The molecule has 0 aromatic carbocycles. The summed E-state index contributed by atoms with van der Waals surface area (Å²) in [5.41, 5.74) is 0.780. The molecule has 1 amide bonds. The molecule has 3 aromatic rings. The highest BCUT2D eigenvalue weighted by atomic mass is 32.2. The molecule has 148 valence electrons. The van der Waals surface area contributed by atoms with E-state index in [1.807, 2.05) is 28.8 Å². The maximum Gasteiger partial charge on any atom is 0.252 e. The number of rotatable bonds is 5. The first-order chi connectivity index (χ1) is 13.5. The number of sulfonamides is 1. The molecule has 1 aliphatic rings. The van der Waals surface area contributed by atoms with Crippen LogP contribution >= 0.6 is 11.3 Å². The lowest BCUT2D eigenvalue weighted by Gasteiger charge is -2.33. The molecule has 0 radical (unpaired) electrons. The van der Waals surface area contributed by atoms with Crippen molar-refractivity contribution in [3.05, 3.63) is 47.7 Å². The lowest BCUT2D eigenvalue weighted by Crippen LogP contribution is -2.45.